The van der Waals surface area contributed by atoms with Gasteiger partial charge in [-0.05, 0) is 94.3 Å². The molecule has 3 aliphatic rings. The zero-order valence-electron chi connectivity index (χ0n) is 37.3. The first kappa shape index (κ1) is 44.4. The molecule has 0 radical (unpaired) electrons. The molecule has 5 aromatic rings. The van der Waals surface area contributed by atoms with Crippen molar-refractivity contribution in [3.8, 4) is 11.3 Å². The number of hydrogen-bond donors (Lipinski definition) is 4. The Hall–Kier alpha value is -5.65. The number of anilines is 1. The molecule has 11 nitrogen and oxygen atoms in total. The van der Waals surface area contributed by atoms with E-state index in [0.29, 0.717) is 5.91 Å². The first-order chi connectivity index (χ1) is 30.2. The van der Waals surface area contributed by atoms with E-state index in [4.69, 9.17) is 9.97 Å². The van der Waals surface area contributed by atoms with E-state index in [0.717, 1.165) is 123 Å². The molecule has 2 aromatic carbocycles. The van der Waals surface area contributed by atoms with Crippen molar-refractivity contribution in [2.24, 2.45) is 5.92 Å². The topological polar surface area (TPSA) is 131 Å². The van der Waals surface area contributed by atoms with Crippen molar-refractivity contribution in [1.29, 1.82) is 0 Å². The average Bonchev–Trinajstić information content (AvgIpc) is 3.74. The maximum absolute atomic E-state index is 13.8. The van der Waals surface area contributed by atoms with Gasteiger partial charge >= 0.3 is 0 Å². The molecule has 1 saturated heterocycles. The largest absolute Gasteiger partial charge is 0.388 e. The number of unbranched alkanes of at least 4 members (excludes halogenated alkanes) is 2. The van der Waals surface area contributed by atoms with Crippen LogP contribution in [0.3, 0.4) is 0 Å². The predicted molar refractivity (Wildman–Crippen MR) is 251 cm³/mol. The number of aldehydes is 1. The Labute approximate surface area is 367 Å². The number of hydrogen-bond acceptors (Lipinski definition) is 9. The van der Waals surface area contributed by atoms with Crippen molar-refractivity contribution in [2.45, 2.75) is 84.1 Å². The van der Waals surface area contributed by atoms with Crippen LogP contribution < -0.4 is 16.0 Å². The number of piperazine rings is 1. The summed E-state index contributed by atoms with van der Waals surface area (Å²) in [5, 5.41) is 11.7. The van der Waals surface area contributed by atoms with Crippen LogP contribution in [0.5, 0.6) is 0 Å². The SMILES string of the molecule is CCC1(c2cc3c(-c4cccc(NC)c4C)ncnc3[nH]2)CC(C(=O)N2CCN(CCCCCC(NCC3=C(C)C=CCN3)c3ncccc3C)CC2)C1.O=Cc1ccccc1. The van der Waals surface area contributed by atoms with Crippen LogP contribution in [-0.4, -0.2) is 94.8 Å². The van der Waals surface area contributed by atoms with Crippen molar-refractivity contribution in [2.75, 3.05) is 58.2 Å². The number of aryl methyl sites for hydroxylation is 1. The lowest BCUT2D eigenvalue weighted by Gasteiger charge is -2.48. The summed E-state index contributed by atoms with van der Waals surface area (Å²) in [6.45, 7) is 15.1. The number of aromatic nitrogens is 4. The van der Waals surface area contributed by atoms with Gasteiger partial charge in [0.25, 0.3) is 0 Å². The Morgan fingerprint density at radius 1 is 0.952 bits per heavy atom. The van der Waals surface area contributed by atoms with E-state index in [9.17, 15) is 9.59 Å². The van der Waals surface area contributed by atoms with E-state index in [1.165, 1.54) is 40.9 Å². The van der Waals surface area contributed by atoms with Gasteiger partial charge < -0.3 is 25.8 Å². The lowest BCUT2D eigenvalue weighted by atomic mass is 9.58. The van der Waals surface area contributed by atoms with E-state index in [1.807, 2.05) is 37.5 Å². The van der Waals surface area contributed by atoms with E-state index in [2.05, 4.69) is 106 Å². The van der Waals surface area contributed by atoms with Gasteiger partial charge in [0.1, 0.15) is 18.3 Å². The highest BCUT2D eigenvalue weighted by Gasteiger charge is 2.49. The first-order valence-electron chi connectivity index (χ1n) is 22.6. The molecule has 0 spiro atoms. The molecule has 11 heteroatoms. The number of carbonyl (C=O) groups excluding carboxylic acids is 2. The number of pyridine rings is 1. The van der Waals surface area contributed by atoms with Crippen LogP contribution in [0.4, 0.5) is 5.69 Å². The number of amides is 1. The number of fused-ring (bicyclic) bond motifs is 1. The molecule has 8 rings (SSSR count). The molecular formula is C51H65N9O2. The van der Waals surface area contributed by atoms with E-state index in [1.54, 1.807) is 18.5 Å². The summed E-state index contributed by atoms with van der Waals surface area (Å²) in [6, 6.07) is 22.1. The molecular weight excluding hydrogens is 771 g/mol. The maximum atomic E-state index is 13.8. The molecule has 1 atom stereocenters. The lowest BCUT2D eigenvalue weighted by Crippen LogP contribution is -2.54. The van der Waals surface area contributed by atoms with Gasteiger partial charge in [-0.15, -0.1) is 0 Å². The third-order valence-electron chi connectivity index (χ3n) is 13.4. The van der Waals surface area contributed by atoms with Gasteiger partial charge in [-0.25, -0.2) is 9.97 Å². The Morgan fingerprint density at radius 3 is 2.47 bits per heavy atom. The number of nitrogens with zero attached hydrogens (tertiary/aromatic N) is 5. The number of benzene rings is 2. The summed E-state index contributed by atoms with van der Waals surface area (Å²) in [6.07, 6.45) is 16.1. The Morgan fingerprint density at radius 2 is 1.76 bits per heavy atom. The quantitative estimate of drug-likeness (QED) is 0.0570. The molecule has 2 aliphatic heterocycles. The second-order valence-electron chi connectivity index (χ2n) is 17.3. The van der Waals surface area contributed by atoms with Gasteiger partial charge in [-0.1, -0.05) is 80.4 Å². The lowest BCUT2D eigenvalue weighted by molar-refractivity contribution is -0.142. The van der Waals surface area contributed by atoms with Crippen molar-refractivity contribution >= 4 is 28.9 Å². The summed E-state index contributed by atoms with van der Waals surface area (Å²) in [4.78, 5) is 46.2. The standard InChI is InChI=1S/C44H59N9O.C7H6O/c1-6-44(39-25-35-41(49-29-50-42(35)51-39)34-15-10-17-36(45-5)32(34)4)26-33(27-44)43(54)53-23-21-52(22-24-53)20-9-7-8-16-37(40-31(3)14-12-19-47-40)48-28-38-30(2)13-11-18-46-38;8-6-7-4-2-1-3-5-7/h10-15,17,19,25,29,33,37,45-46,48H,6-9,16,18,20-24,26-28H2,1-5H3,(H,49,50,51);1-6H. The number of rotatable bonds is 16. The molecule has 1 unspecified atom stereocenters. The molecule has 62 heavy (non-hydrogen) atoms. The normalized spacial score (nSPS) is 19.3. The van der Waals surface area contributed by atoms with Gasteiger partial charge in [0.15, 0.2) is 0 Å². The number of H-pyrrole nitrogens is 1. The van der Waals surface area contributed by atoms with Crippen LogP contribution in [-0.2, 0) is 10.2 Å². The summed E-state index contributed by atoms with van der Waals surface area (Å²) in [7, 11) is 1.95. The second kappa shape index (κ2) is 20.9. The van der Waals surface area contributed by atoms with Crippen LogP contribution in [0.15, 0.2) is 103 Å². The molecule has 326 valence electrons. The van der Waals surface area contributed by atoms with E-state index >= 15 is 0 Å². The van der Waals surface area contributed by atoms with Crippen LogP contribution in [0.25, 0.3) is 22.3 Å². The van der Waals surface area contributed by atoms with E-state index in [-0.39, 0.29) is 17.4 Å². The number of allylic oxidation sites excluding steroid dienone is 2. The number of dihydropyridines is 1. The van der Waals surface area contributed by atoms with Crippen LogP contribution in [0.2, 0.25) is 0 Å². The minimum Gasteiger partial charge on any atom is -0.388 e. The van der Waals surface area contributed by atoms with Crippen molar-refractivity contribution in [3.05, 3.63) is 131 Å². The molecule has 0 bridgehead atoms. The number of aromatic amines is 1. The minimum absolute atomic E-state index is 0.0356. The Kier molecular flexibility index (Phi) is 15.0. The fraction of sp³-hybridized carbons (Fsp3) is 0.431. The molecule has 2 fully saturated rings. The van der Waals surface area contributed by atoms with E-state index < -0.39 is 0 Å². The molecule has 1 saturated carbocycles. The first-order valence-corrected chi connectivity index (χ1v) is 22.6. The third-order valence-corrected chi connectivity index (χ3v) is 13.4. The number of carbonyl (C=O) groups is 2. The van der Waals surface area contributed by atoms with Gasteiger partial charge in [0.05, 0.1) is 17.4 Å². The minimum atomic E-state index is -0.0356. The second-order valence-corrected chi connectivity index (χ2v) is 17.3. The van der Waals surface area contributed by atoms with Gasteiger partial charge in [0.2, 0.25) is 5.91 Å². The van der Waals surface area contributed by atoms with Crippen LogP contribution >= 0.6 is 0 Å². The highest BCUT2D eigenvalue weighted by Crippen LogP contribution is 2.51. The van der Waals surface area contributed by atoms with Crippen LogP contribution in [0, 0.1) is 19.8 Å². The fourth-order valence-corrected chi connectivity index (χ4v) is 9.49. The monoisotopic (exact) mass is 836 g/mol. The summed E-state index contributed by atoms with van der Waals surface area (Å²) < 4.78 is 0. The average molecular weight is 836 g/mol. The van der Waals surface area contributed by atoms with Crippen LogP contribution in [0.1, 0.15) is 97.7 Å². The Balaban J connectivity index is 0.000000650. The summed E-state index contributed by atoms with van der Waals surface area (Å²) in [5.74, 6) is 0.418. The van der Waals surface area contributed by atoms with Crippen molar-refractivity contribution < 1.29 is 9.59 Å². The molecule has 4 N–H and O–H groups in total. The van der Waals surface area contributed by atoms with Crippen molar-refractivity contribution in [3.63, 3.8) is 0 Å². The third kappa shape index (κ3) is 10.3. The predicted octanol–water partition coefficient (Wildman–Crippen LogP) is 8.70. The zero-order valence-corrected chi connectivity index (χ0v) is 37.3. The Bertz CT molecular complexity index is 2340. The van der Waals surface area contributed by atoms with Gasteiger partial charge in [-0.3, -0.25) is 19.5 Å². The highest BCUT2D eigenvalue weighted by molar-refractivity contribution is 5.93. The summed E-state index contributed by atoms with van der Waals surface area (Å²) in [5.41, 5.74) is 12.0. The fourth-order valence-electron chi connectivity index (χ4n) is 9.49. The highest BCUT2D eigenvalue weighted by atomic mass is 16.2. The van der Waals surface area contributed by atoms with Gasteiger partial charge in [-0.2, -0.15) is 0 Å². The summed E-state index contributed by atoms with van der Waals surface area (Å²) >= 11 is 0. The zero-order chi connectivity index (χ0) is 43.5. The molecule has 1 amide bonds. The van der Waals surface area contributed by atoms with Gasteiger partial charge in [0, 0.05) is 97.4 Å². The van der Waals surface area contributed by atoms with Crippen molar-refractivity contribution in [1.82, 2.24) is 40.4 Å². The molecule has 3 aromatic heterocycles. The molecule has 5 heterocycles. The maximum Gasteiger partial charge on any atom is 0.225 e. The molecule has 1 aliphatic carbocycles. The number of nitrogens with one attached hydrogen (secondary N) is 4. The smallest absolute Gasteiger partial charge is 0.225 e.